The molecule has 2 fully saturated rings. The molecular weight excluding hydrogens is 232 g/mol. The Kier molecular flexibility index (Phi) is 3.19. The van der Waals surface area contributed by atoms with E-state index in [9.17, 15) is 5.11 Å². The minimum Gasteiger partial charge on any atom is -0.393 e. The molecule has 0 radical (unpaired) electrons. The van der Waals surface area contributed by atoms with Crippen molar-refractivity contribution in [2.24, 2.45) is 0 Å². The predicted molar refractivity (Wildman–Crippen MR) is 69.1 cm³/mol. The number of piperidine rings is 1. The minimum atomic E-state index is -0.0645. The first kappa shape index (κ1) is 11.6. The van der Waals surface area contributed by atoms with Crippen LogP contribution in [-0.4, -0.2) is 33.2 Å². The molecular formula is C13H20N2OS. The largest absolute Gasteiger partial charge is 0.393 e. The van der Waals surface area contributed by atoms with Crippen molar-refractivity contribution in [1.29, 1.82) is 0 Å². The van der Waals surface area contributed by atoms with E-state index >= 15 is 0 Å². The third-order valence-electron chi connectivity index (χ3n) is 4.11. The Morgan fingerprint density at radius 2 is 2.12 bits per heavy atom. The maximum absolute atomic E-state index is 9.78. The molecule has 0 aliphatic carbocycles. The first-order valence-corrected chi connectivity index (χ1v) is 7.51. The second-order valence-electron chi connectivity index (χ2n) is 5.27. The lowest BCUT2D eigenvalue weighted by atomic mass is 10.00. The van der Waals surface area contributed by atoms with Crippen molar-refractivity contribution in [2.75, 3.05) is 0 Å². The zero-order valence-corrected chi connectivity index (χ0v) is 11.1. The SMILES string of the molecule is CCc1nc(CN2C3CCC2CC(O)C3)cs1. The summed E-state index contributed by atoms with van der Waals surface area (Å²) in [7, 11) is 0. The monoisotopic (exact) mass is 252 g/mol. The van der Waals surface area contributed by atoms with Gasteiger partial charge in [-0.2, -0.15) is 0 Å². The number of aryl methyl sites for hydroxylation is 1. The number of aromatic nitrogens is 1. The molecule has 0 aromatic carbocycles. The van der Waals surface area contributed by atoms with Crippen LogP contribution in [-0.2, 0) is 13.0 Å². The summed E-state index contributed by atoms with van der Waals surface area (Å²) in [6, 6.07) is 1.19. The molecule has 3 rings (SSSR count). The molecule has 2 saturated heterocycles. The Hall–Kier alpha value is -0.450. The first-order valence-electron chi connectivity index (χ1n) is 6.63. The van der Waals surface area contributed by atoms with Crippen molar-refractivity contribution < 1.29 is 5.11 Å². The number of nitrogens with zero attached hydrogens (tertiary/aromatic N) is 2. The summed E-state index contributed by atoms with van der Waals surface area (Å²) < 4.78 is 0. The van der Waals surface area contributed by atoms with Crippen LogP contribution in [0.25, 0.3) is 0 Å². The van der Waals surface area contributed by atoms with Crippen LogP contribution in [0, 0.1) is 0 Å². The fourth-order valence-electron chi connectivity index (χ4n) is 3.27. The van der Waals surface area contributed by atoms with Gasteiger partial charge in [-0.25, -0.2) is 4.98 Å². The van der Waals surface area contributed by atoms with Crippen molar-refractivity contribution in [3.8, 4) is 0 Å². The number of hydrogen-bond acceptors (Lipinski definition) is 4. The minimum absolute atomic E-state index is 0.0645. The fraction of sp³-hybridized carbons (Fsp3) is 0.769. The highest BCUT2D eigenvalue weighted by Crippen LogP contribution is 2.36. The molecule has 2 aliphatic heterocycles. The van der Waals surface area contributed by atoms with Gasteiger partial charge in [0, 0.05) is 24.0 Å². The maximum atomic E-state index is 9.78. The second kappa shape index (κ2) is 4.67. The first-order chi connectivity index (χ1) is 8.26. The molecule has 4 heteroatoms. The summed E-state index contributed by atoms with van der Waals surface area (Å²) in [5, 5.41) is 13.2. The zero-order valence-electron chi connectivity index (χ0n) is 10.3. The highest BCUT2D eigenvalue weighted by atomic mass is 32.1. The van der Waals surface area contributed by atoms with E-state index in [-0.39, 0.29) is 6.10 Å². The van der Waals surface area contributed by atoms with E-state index in [4.69, 9.17) is 0 Å². The van der Waals surface area contributed by atoms with E-state index < -0.39 is 0 Å². The lowest BCUT2D eigenvalue weighted by molar-refractivity contribution is 0.0304. The number of aliphatic hydroxyl groups is 1. The topological polar surface area (TPSA) is 36.4 Å². The average molecular weight is 252 g/mol. The van der Waals surface area contributed by atoms with Gasteiger partial charge >= 0.3 is 0 Å². The van der Waals surface area contributed by atoms with Crippen LogP contribution in [0.2, 0.25) is 0 Å². The smallest absolute Gasteiger partial charge is 0.0926 e. The molecule has 2 unspecified atom stereocenters. The average Bonchev–Trinajstić information content (AvgIpc) is 2.85. The molecule has 2 atom stereocenters. The zero-order chi connectivity index (χ0) is 11.8. The quantitative estimate of drug-likeness (QED) is 0.896. The highest BCUT2D eigenvalue weighted by molar-refractivity contribution is 7.09. The van der Waals surface area contributed by atoms with Gasteiger partial charge in [0.15, 0.2) is 0 Å². The van der Waals surface area contributed by atoms with Crippen LogP contribution >= 0.6 is 11.3 Å². The highest BCUT2D eigenvalue weighted by Gasteiger charge is 2.40. The third-order valence-corrected chi connectivity index (χ3v) is 5.15. The molecule has 17 heavy (non-hydrogen) atoms. The normalized spacial score (nSPS) is 33.2. The fourth-order valence-corrected chi connectivity index (χ4v) is 4.01. The summed E-state index contributed by atoms with van der Waals surface area (Å²) in [6.45, 7) is 3.14. The molecule has 3 heterocycles. The van der Waals surface area contributed by atoms with Gasteiger partial charge < -0.3 is 5.11 Å². The van der Waals surface area contributed by atoms with Gasteiger partial charge in [0.2, 0.25) is 0 Å². The van der Waals surface area contributed by atoms with E-state index in [1.165, 1.54) is 23.5 Å². The van der Waals surface area contributed by atoms with Crippen LogP contribution < -0.4 is 0 Å². The molecule has 1 N–H and O–H groups in total. The third kappa shape index (κ3) is 2.26. The Bertz CT molecular complexity index is 379. The van der Waals surface area contributed by atoms with Crippen LogP contribution in [0.5, 0.6) is 0 Å². The van der Waals surface area contributed by atoms with Gasteiger partial charge in [-0.3, -0.25) is 4.90 Å². The van der Waals surface area contributed by atoms with Crippen LogP contribution in [0.15, 0.2) is 5.38 Å². The van der Waals surface area contributed by atoms with Gasteiger partial charge in [0.1, 0.15) is 0 Å². The summed E-state index contributed by atoms with van der Waals surface area (Å²) >= 11 is 1.77. The van der Waals surface area contributed by atoms with Gasteiger partial charge in [-0.1, -0.05) is 6.92 Å². The standard InChI is InChI=1S/C13H20N2OS/c1-2-13-14-9(8-17-13)7-15-10-3-4-11(15)6-12(16)5-10/h8,10-12,16H,2-7H2,1H3. The molecule has 0 spiro atoms. The Morgan fingerprint density at radius 3 is 2.71 bits per heavy atom. The predicted octanol–water partition coefficient (Wildman–Crippen LogP) is 2.19. The van der Waals surface area contributed by atoms with Crippen molar-refractivity contribution in [3.05, 3.63) is 16.1 Å². The van der Waals surface area contributed by atoms with Crippen molar-refractivity contribution in [1.82, 2.24) is 9.88 Å². The molecule has 0 saturated carbocycles. The van der Waals surface area contributed by atoms with Crippen molar-refractivity contribution in [3.63, 3.8) is 0 Å². The van der Waals surface area contributed by atoms with Crippen LogP contribution in [0.1, 0.15) is 43.3 Å². The molecule has 1 aromatic rings. The summed E-state index contributed by atoms with van der Waals surface area (Å²) in [5.74, 6) is 0. The molecule has 1 aromatic heterocycles. The second-order valence-corrected chi connectivity index (χ2v) is 6.21. The van der Waals surface area contributed by atoms with Gasteiger partial charge in [0.05, 0.1) is 16.8 Å². The van der Waals surface area contributed by atoms with E-state index in [0.29, 0.717) is 12.1 Å². The van der Waals surface area contributed by atoms with Gasteiger partial charge in [0.25, 0.3) is 0 Å². The lowest BCUT2D eigenvalue weighted by Crippen LogP contribution is -2.44. The van der Waals surface area contributed by atoms with E-state index in [0.717, 1.165) is 25.8 Å². The van der Waals surface area contributed by atoms with E-state index in [2.05, 4.69) is 22.2 Å². The summed E-state index contributed by atoms with van der Waals surface area (Å²) in [5.41, 5.74) is 1.22. The van der Waals surface area contributed by atoms with Crippen LogP contribution in [0.4, 0.5) is 0 Å². The van der Waals surface area contributed by atoms with Crippen molar-refractivity contribution >= 4 is 11.3 Å². The maximum Gasteiger partial charge on any atom is 0.0926 e. The molecule has 0 amide bonds. The molecule has 94 valence electrons. The van der Waals surface area contributed by atoms with Gasteiger partial charge in [-0.15, -0.1) is 11.3 Å². The van der Waals surface area contributed by atoms with Gasteiger partial charge in [-0.05, 0) is 32.1 Å². The molecule has 2 aliphatic rings. The Balaban J connectivity index is 1.69. The Morgan fingerprint density at radius 1 is 1.41 bits per heavy atom. The summed E-state index contributed by atoms with van der Waals surface area (Å²) in [6.07, 6.45) is 5.41. The summed E-state index contributed by atoms with van der Waals surface area (Å²) in [4.78, 5) is 7.22. The van der Waals surface area contributed by atoms with E-state index in [1.807, 2.05) is 0 Å². The molecule has 3 nitrogen and oxygen atoms in total. The van der Waals surface area contributed by atoms with E-state index in [1.54, 1.807) is 11.3 Å². The number of rotatable bonds is 3. The molecule has 2 bridgehead atoms. The van der Waals surface area contributed by atoms with Crippen LogP contribution in [0.3, 0.4) is 0 Å². The van der Waals surface area contributed by atoms with Crippen molar-refractivity contribution in [2.45, 2.75) is 63.8 Å². The number of hydrogen-bond donors (Lipinski definition) is 1. The lowest BCUT2D eigenvalue weighted by Gasteiger charge is -2.36. The number of fused-ring (bicyclic) bond motifs is 2. The number of aliphatic hydroxyl groups excluding tert-OH is 1. The Labute approximate surface area is 106 Å². The number of thiazole rings is 1.